The molecule has 0 fully saturated rings. The zero-order valence-electron chi connectivity index (χ0n) is 26.2. The molecule has 0 aliphatic carbocycles. The molecule has 0 amide bonds. The van der Waals surface area contributed by atoms with E-state index in [2.05, 4.69) is 186 Å². The fraction of sp³-hybridized carbons (Fsp3) is 0.190. The third-order valence-electron chi connectivity index (χ3n) is 8.41. The summed E-state index contributed by atoms with van der Waals surface area (Å²) in [5, 5.41) is 2.51. The number of hydrogen-bond acceptors (Lipinski definition) is 1. The minimum Gasteiger partial charge on any atom is -0.310 e. The van der Waals surface area contributed by atoms with Crippen LogP contribution in [0.4, 0.5) is 17.1 Å². The van der Waals surface area contributed by atoms with Crippen molar-refractivity contribution in [3.63, 3.8) is 0 Å². The van der Waals surface area contributed by atoms with Crippen molar-refractivity contribution in [1.82, 2.24) is 0 Å². The standard InChI is InChI=1S/C42H41N/c1-41(2,3)32-22-26-34(27-23-32)43(35-28-24-33(25-29-35)42(4,5)6)39-21-11-10-18-37(39)38-20-13-17-31-16-12-19-36(40(31)38)30-14-8-7-9-15-30/h7-29H,1-6H3. The van der Waals surface area contributed by atoms with E-state index in [4.69, 9.17) is 0 Å². The topological polar surface area (TPSA) is 3.24 Å². The Hall–Kier alpha value is -4.62. The van der Waals surface area contributed by atoms with Crippen molar-refractivity contribution in [2.75, 3.05) is 4.90 Å². The van der Waals surface area contributed by atoms with Gasteiger partial charge in [0.25, 0.3) is 0 Å². The first kappa shape index (κ1) is 28.5. The molecule has 1 heteroatoms. The zero-order chi connectivity index (χ0) is 30.2. The molecule has 214 valence electrons. The molecule has 0 aliphatic rings. The van der Waals surface area contributed by atoms with E-state index < -0.39 is 0 Å². The van der Waals surface area contributed by atoms with Gasteiger partial charge in [-0.15, -0.1) is 0 Å². The quantitative estimate of drug-likeness (QED) is 0.203. The van der Waals surface area contributed by atoms with E-state index in [1.165, 1.54) is 44.2 Å². The molecule has 0 radical (unpaired) electrons. The van der Waals surface area contributed by atoms with Crippen LogP contribution in [-0.4, -0.2) is 0 Å². The van der Waals surface area contributed by atoms with Crippen molar-refractivity contribution in [1.29, 1.82) is 0 Å². The summed E-state index contributed by atoms with van der Waals surface area (Å²) in [5.41, 5.74) is 11.2. The Kier molecular flexibility index (Phi) is 7.44. The number of anilines is 3. The minimum atomic E-state index is 0.0897. The normalized spacial score (nSPS) is 12.0. The van der Waals surface area contributed by atoms with Crippen molar-refractivity contribution in [3.05, 3.63) is 151 Å². The molecule has 6 aromatic carbocycles. The van der Waals surface area contributed by atoms with Gasteiger partial charge in [-0.3, -0.25) is 0 Å². The summed E-state index contributed by atoms with van der Waals surface area (Å²) >= 11 is 0. The number of rotatable bonds is 5. The molecule has 0 saturated heterocycles. The van der Waals surface area contributed by atoms with E-state index in [-0.39, 0.29) is 10.8 Å². The van der Waals surface area contributed by atoms with Crippen molar-refractivity contribution in [2.24, 2.45) is 0 Å². The molecular weight excluding hydrogens is 518 g/mol. The smallest absolute Gasteiger partial charge is 0.0540 e. The van der Waals surface area contributed by atoms with Gasteiger partial charge in [-0.25, -0.2) is 0 Å². The molecular formula is C42H41N. The second kappa shape index (κ2) is 11.2. The third kappa shape index (κ3) is 5.73. The summed E-state index contributed by atoms with van der Waals surface area (Å²) < 4.78 is 0. The Bertz CT molecular complexity index is 1790. The molecule has 0 spiro atoms. The number of nitrogens with zero attached hydrogens (tertiary/aromatic N) is 1. The summed E-state index contributed by atoms with van der Waals surface area (Å²) in [4.78, 5) is 2.41. The van der Waals surface area contributed by atoms with E-state index in [0.29, 0.717) is 0 Å². The van der Waals surface area contributed by atoms with Gasteiger partial charge in [0, 0.05) is 16.9 Å². The van der Waals surface area contributed by atoms with Crippen LogP contribution in [0.5, 0.6) is 0 Å². The van der Waals surface area contributed by atoms with Crippen LogP contribution in [0, 0.1) is 0 Å². The van der Waals surface area contributed by atoms with Gasteiger partial charge in [0.05, 0.1) is 5.69 Å². The molecule has 0 bridgehead atoms. The van der Waals surface area contributed by atoms with Crippen molar-refractivity contribution in [3.8, 4) is 22.3 Å². The predicted octanol–water partition coefficient (Wildman–Crippen LogP) is 12.2. The second-order valence-corrected chi connectivity index (χ2v) is 13.5. The molecule has 0 saturated carbocycles. The summed E-state index contributed by atoms with van der Waals surface area (Å²) in [6.07, 6.45) is 0. The lowest BCUT2D eigenvalue weighted by Gasteiger charge is -2.30. The molecule has 1 nitrogen and oxygen atoms in total. The predicted molar refractivity (Wildman–Crippen MR) is 187 cm³/mol. The highest BCUT2D eigenvalue weighted by Gasteiger charge is 2.21. The maximum Gasteiger partial charge on any atom is 0.0540 e. The molecule has 0 unspecified atom stereocenters. The Balaban J connectivity index is 1.59. The monoisotopic (exact) mass is 559 g/mol. The number of hydrogen-bond donors (Lipinski definition) is 0. The average molecular weight is 560 g/mol. The van der Waals surface area contributed by atoms with Gasteiger partial charge >= 0.3 is 0 Å². The number of para-hydroxylation sites is 1. The second-order valence-electron chi connectivity index (χ2n) is 13.5. The van der Waals surface area contributed by atoms with E-state index in [9.17, 15) is 0 Å². The van der Waals surface area contributed by atoms with Crippen LogP contribution >= 0.6 is 0 Å². The Morgan fingerprint density at radius 2 is 0.860 bits per heavy atom. The van der Waals surface area contributed by atoms with Gasteiger partial charge in [-0.1, -0.05) is 151 Å². The Morgan fingerprint density at radius 1 is 0.395 bits per heavy atom. The molecule has 6 aromatic rings. The Labute approximate surface area is 257 Å². The zero-order valence-corrected chi connectivity index (χ0v) is 26.2. The molecule has 0 heterocycles. The lowest BCUT2D eigenvalue weighted by molar-refractivity contribution is 0.590. The molecule has 0 atom stereocenters. The largest absolute Gasteiger partial charge is 0.310 e. The molecule has 6 rings (SSSR count). The van der Waals surface area contributed by atoms with E-state index in [1.807, 2.05) is 0 Å². The number of fused-ring (bicyclic) bond motifs is 1. The minimum absolute atomic E-state index is 0.0897. The van der Waals surface area contributed by atoms with Gasteiger partial charge in [0.1, 0.15) is 0 Å². The highest BCUT2D eigenvalue weighted by Crippen LogP contribution is 2.45. The van der Waals surface area contributed by atoms with Crippen molar-refractivity contribution >= 4 is 27.8 Å². The van der Waals surface area contributed by atoms with Gasteiger partial charge in [-0.05, 0) is 79.8 Å². The van der Waals surface area contributed by atoms with Gasteiger partial charge in [0.15, 0.2) is 0 Å². The molecule has 0 aromatic heterocycles. The van der Waals surface area contributed by atoms with Crippen LogP contribution in [0.2, 0.25) is 0 Å². The maximum atomic E-state index is 2.41. The van der Waals surface area contributed by atoms with Gasteiger partial charge < -0.3 is 4.90 Å². The fourth-order valence-corrected chi connectivity index (χ4v) is 5.97. The van der Waals surface area contributed by atoms with E-state index >= 15 is 0 Å². The lowest BCUT2D eigenvalue weighted by atomic mass is 9.86. The van der Waals surface area contributed by atoms with Gasteiger partial charge in [-0.2, -0.15) is 0 Å². The van der Waals surface area contributed by atoms with Crippen molar-refractivity contribution in [2.45, 2.75) is 52.4 Å². The van der Waals surface area contributed by atoms with Crippen LogP contribution in [0.1, 0.15) is 52.7 Å². The van der Waals surface area contributed by atoms with Crippen LogP contribution in [0.15, 0.2) is 140 Å². The molecule has 0 aliphatic heterocycles. The summed E-state index contributed by atoms with van der Waals surface area (Å²) in [7, 11) is 0. The van der Waals surface area contributed by atoms with Gasteiger partial charge in [0.2, 0.25) is 0 Å². The lowest BCUT2D eigenvalue weighted by Crippen LogP contribution is -2.15. The first-order chi connectivity index (χ1) is 20.6. The maximum absolute atomic E-state index is 2.41. The average Bonchev–Trinajstić information content (AvgIpc) is 3.01. The SMILES string of the molecule is CC(C)(C)c1ccc(N(c2ccc(C(C)(C)C)cc2)c2ccccc2-c2cccc3cccc(-c4ccccc4)c23)cc1. The van der Waals surface area contributed by atoms with Crippen LogP contribution < -0.4 is 4.90 Å². The summed E-state index contributed by atoms with van der Waals surface area (Å²) in [6.45, 7) is 13.6. The molecule has 43 heavy (non-hydrogen) atoms. The van der Waals surface area contributed by atoms with Crippen LogP contribution in [0.3, 0.4) is 0 Å². The van der Waals surface area contributed by atoms with Crippen molar-refractivity contribution < 1.29 is 0 Å². The van der Waals surface area contributed by atoms with E-state index in [0.717, 1.165) is 17.1 Å². The van der Waals surface area contributed by atoms with E-state index in [1.54, 1.807) is 0 Å². The Morgan fingerprint density at radius 3 is 1.40 bits per heavy atom. The highest BCUT2D eigenvalue weighted by molar-refractivity contribution is 6.08. The first-order valence-corrected chi connectivity index (χ1v) is 15.3. The third-order valence-corrected chi connectivity index (χ3v) is 8.41. The fourth-order valence-electron chi connectivity index (χ4n) is 5.97. The van der Waals surface area contributed by atoms with Crippen LogP contribution in [0.25, 0.3) is 33.0 Å². The number of benzene rings is 6. The highest BCUT2D eigenvalue weighted by atomic mass is 15.1. The van der Waals surface area contributed by atoms with Crippen LogP contribution in [-0.2, 0) is 10.8 Å². The molecule has 0 N–H and O–H groups in total. The summed E-state index contributed by atoms with van der Waals surface area (Å²) in [6, 6.07) is 51.1. The first-order valence-electron chi connectivity index (χ1n) is 15.3. The summed E-state index contributed by atoms with van der Waals surface area (Å²) in [5.74, 6) is 0.